The molecular formula is C14H18F3NO3. The third-order valence-corrected chi connectivity index (χ3v) is 2.78. The molecule has 0 radical (unpaired) electrons. The van der Waals surface area contributed by atoms with Gasteiger partial charge < -0.3 is 9.47 Å². The predicted octanol–water partition coefficient (Wildman–Crippen LogP) is 2.76. The van der Waals surface area contributed by atoms with Crippen LogP contribution in [0.4, 0.5) is 13.2 Å². The van der Waals surface area contributed by atoms with Gasteiger partial charge in [0, 0.05) is 0 Å². The van der Waals surface area contributed by atoms with Crippen molar-refractivity contribution in [3.05, 3.63) is 29.3 Å². The molecule has 21 heavy (non-hydrogen) atoms. The van der Waals surface area contributed by atoms with E-state index in [0.717, 1.165) is 5.56 Å². The lowest BCUT2D eigenvalue weighted by Gasteiger charge is -2.19. The van der Waals surface area contributed by atoms with Gasteiger partial charge in [-0.3, -0.25) is 5.32 Å². The van der Waals surface area contributed by atoms with Crippen molar-refractivity contribution in [2.24, 2.45) is 0 Å². The van der Waals surface area contributed by atoms with Crippen molar-refractivity contribution in [1.29, 1.82) is 0 Å². The van der Waals surface area contributed by atoms with Crippen LogP contribution in [-0.4, -0.2) is 32.4 Å². The first kappa shape index (κ1) is 17.3. The molecule has 1 aromatic rings. The Labute approximate surface area is 121 Å². The summed E-state index contributed by atoms with van der Waals surface area (Å²) in [5.41, 5.74) is 1.12. The van der Waals surface area contributed by atoms with Crippen LogP contribution in [0.2, 0.25) is 0 Å². The average Bonchev–Trinajstić information content (AvgIpc) is 2.38. The van der Waals surface area contributed by atoms with Gasteiger partial charge in [-0.2, -0.15) is 13.2 Å². The summed E-state index contributed by atoms with van der Waals surface area (Å²) >= 11 is 0. The van der Waals surface area contributed by atoms with Crippen LogP contribution in [0.1, 0.15) is 24.1 Å². The molecule has 4 nitrogen and oxygen atoms in total. The van der Waals surface area contributed by atoms with Crippen LogP contribution in [0.5, 0.6) is 5.75 Å². The largest absolute Gasteiger partial charge is 0.496 e. The van der Waals surface area contributed by atoms with Crippen molar-refractivity contribution >= 4 is 5.97 Å². The number of hydrogen-bond acceptors (Lipinski definition) is 4. The number of hydrogen-bond donors (Lipinski definition) is 1. The topological polar surface area (TPSA) is 47.6 Å². The van der Waals surface area contributed by atoms with Gasteiger partial charge in [0.2, 0.25) is 0 Å². The van der Waals surface area contributed by atoms with Crippen molar-refractivity contribution in [2.45, 2.75) is 26.1 Å². The number of alkyl halides is 3. The van der Waals surface area contributed by atoms with E-state index in [2.05, 4.69) is 5.32 Å². The number of halogens is 3. The second kappa shape index (κ2) is 7.31. The lowest BCUT2D eigenvalue weighted by atomic mass is 10.0. The molecule has 7 heteroatoms. The van der Waals surface area contributed by atoms with E-state index in [0.29, 0.717) is 11.3 Å². The number of methoxy groups -OCH3 is 1. The number of ether oxygens (including phenoxy) is 2. The SMILES string of the molecule is CCOC(=O)C(NCC(F)(F)F)c1ccc(OC)c(C)c1. The molecule has 0 fully saturated rings. The van der Waals surface area contributed by atoms with Gasteiger partial charge >= 0.3 is 12.1 Å². The second-order valence-electron chi connectivity index (χ2n) is 4.41. The van der Waals surface area contributed by atoms with E-state index < -0.39 is 24.7 Å². The summed E-state index contributed by atoms with van der Waals surface area (Å²) in [6.45, 7) is 2.16. The van der Waals surface area contributed by atoms with Gasteiger partial charge in [0.05, 0.1) is 20.3 Å². The highest BCUT2D eigenvalue weighted by molar-refractivity contribution is 5.77. The molecule has 0 heterocycles. The zero-order chi connectivity index (χ0) is 16.0. The van der Waals surface area contributed by atoms with Gasteiger partial charge in [-0.05, 0) is 31.0 Å². The monoisotopic (exact) mass is 305 g/mol. The number of carbonyl (C=O) groups excluding carboxylic acids is 1. The fourth-order valence-corrected chi connectivity index (χ4v) is 1.86. The Hall–Kier alpha value is -1.76. The van der Waals surface area contributed by atoms with Crippen molar-refractivity contribution in [2.75, 3.05) is 20.3 Å². The first-order valence-corrected chi connectivity index (χ1v) is 6.39. The maximum absolute atomic E-state index is 12.3. The minimum atomic E-state index is -4.41. The Morgan fingerprint density at radius 1 is 1.38 bits per heavy atom. The number of rotatable bonds is 6. The summed E-state index contributed by atoms with van der Waals surface area (Å²) in [6, 6.07) is 3.57. The van der Waals surface area contributed by atoms with Crippen LogP contribution in [0.25, 0.3) is 0 Å². The summed E-state index contributed by atoms with van der Waals surface area (Å²) in [5.74, 6) is -0.150. The Morgan fingerprint density at radius 2 is 2.05 bits per heavy atom. The maximum atomic E-state index is 12.3. The zero-order valence-electron chi connectivity index (χ0n) is 12.1. The number of carbonyl (C=O) groups is 1. The highest BCUT2D eigenvalue weighted by atomic mass is 19.4. The quantitative estimate of drug-likeness (QED) is 0.821. The fraction of sp³-hybridized carbons (Fsp3) is 0.500. The molecule has 1 N–H and O–H groups in total. The van der Waals surface area contributed by atoms with Crippen molar-refractivity contribution in [1.82, 2.24) is 5.32 Å². The minimum Gasteiger partial charge on any atom is -0.496 e. The van der Waals surface area contributed by atoms with Crippen LogP contribution in [0.3, 0.4) is 0 Å². The Bertz CT molecular complexity index is 489. The van der Waals surface area contributed by atoms with Gasteiger partial charge in [0.1, 0.15) is 11.8 Å². The molecule has 1 rings (SSSR count). The third-order valence-electron chi connectivity index (χ3n) is 2.78. The molecule has 0 amide bonds. The summed E-state index contributed by atoms with van der Waals surface area (Å²) in [6.07, 6.45) is -4.41. The first-order valence-electron chi connectivity index (χ1n) is 6.39. The molecular weight excluding hydrogens is 287 g/mol. The molecule has 0 aliphatic heterocycles. The molecule has 1 unspecified atom stereocenters. The standard InChI is InChI=1S/C14H18F3NO3/c1-4-21-13(19)12(18-8-14(15,16)17)10-5-6-11(20-3)9(2)7-10/h5-7,12,18H,4,8H2,1-3H3. The predicted molar refractivity (Wildman–Crippen MR) is 71.2 cm³/mol. The van der Waals surface area contributed by atoms with E-state index in [1.54, 1.807) is 26.0 Å². The molecule has 0 saturated heterocycles. The highest BCUT2D eigenvalue weighted by Gasteiger charge is 2.31. The number of esters is 1. The molecule has 0 saturated carbocycles. The van der Waals surface area contributed by atoms with Crippen LogP contribution < -0.4 is 10.1 Å². The molecule has 0 bridgehead atoms. The molecule has 0 spiro atoms. The Morgan fingerprint density at radius 3 is 2.52 bits per heavy atom. The van der Waals surface area contributed by atoms with Gasteiger partial charge in [-0.15, -0.1) is 0 Å². The molecule has 0 aliphatic rings. The smallest absolute Gasteiger partial charge is 0.401 e. The molecule has 118 valence electrons. The second-order valence-corrected chi connectivity index (χ2v) is 4.41. The number of benzene rings is 1. The van der Waals surface area contributed by atoms with E-state index in [1.807, 2.05) is 0 Å². The summed E-state index contributed by atoms with van der Waals surface area (Å²) < 4.78 is 46.9. The van der Waals surface area contributed by atoms with Crippen molar-refractivity contribution in [3.63, 3.8) is 0 Å². The van der Waals surface area contributed by atoms with Crippen molar-refractivity contribution in [3.8, 4) is 5.75 Å². The number of nitrogens with one attached hydrogen (secondary N) is 1. The van der Waals surface area contributed by atoms with E-state index in [-0.39, 0.29) is 6.61 Å². The van der Waals surface area contributed by atoms with Gasteiger partial charge in [-0.25, -0.2) is 4.79 Å². The third kappa shape index (κ3) is 5.26. The molecule has 0 aliphatic carbocycles. The highest BCUT2D eigenvalue weighted by Crippen LogP contribution is 2.24. The Kier molecular flexibility index (Phi) is 6.02. The lowest BCUT2D eigenvalue weighted by molar-refractivity contribution is -0.149. The lowest BCUT2D eigenvalue weighted by Crippen LogP contribution is -2.37. The fourth-order valence-electron chi connectivity index (χ4n) is 1.86. The van der Waals surface area contributed by atoms with E-state index >= 15 is 0 Å². The Balaban J connectivity index is 2.99. The van der Waals surface area contributed by atoms with Crippen molar-refractivity contribution < 1.29 is 27.4 Å². The summed E-state index contributed by atoms with van der Waals surface area (Å²) in [4.78, 5) is 11.8. The van der Waals surface area contributed by atoms with Crippen LogP contribution in [0, 0.1) is 6.92 Å². The average molecular weight is 305 g/mol. The molecule has 1 aromatic carbocycles. The van der Waals surface area contributed by atoms with E-state index in [4.69, 9.17) is 9.47 Å². The minimum absolute atomic E-state index is 0.0954. The number of aryl methyl sites for hydroxylation is 1. The first-order chi connectivity index (χ1) is 9.78. The van der Waals surface area contributed by atoms with Gasteiger partial charge in [-0.1, -0.05) is 12.1 Å². The van der Waals surface area contributed by atoms with Crippen LogP contribution in [-0.2, 0) is 9.53 Å². The van der Waals surface area contributed by atoms with Crippen LogP contribution >= 0.6 is 0 Å². The van der Waals surface area contributed by atoms with Crippen LogP contribution in [0.15, 0.2) is 18.2 Å². The summed E-state index contributed by atoms with van der Waals surface area (Å²) in [7, 11) is 1.49. The maximum Gasteiger partial charge on any atom is 0.401 e. The normalized spacial score (nSPS) is 12.9. The van der Waals surface area contributed by atoms with E-state index in [9.17, 15) is 18.0 Å². The molecule has 0 aromatic heterocycles. The zero-order valence-corrected chi connectivity index (χ0v) is 12.1. The van der Waals surface area contributed by atoms with Gasteiger partial charge in [0.15, 0.2) is 0 Å². The van der Waals surface area contributed by atoms with Gasteiger partial charge in [0.25, 0.3) is 0 Å². The summed E-state index contributed by atoms with van der Waals surface area (Å²) in [5, 5.41) is 2.18. The molecule has 1 atom stereocenters. The van der Waals surface area contributed by atoms with E-state index in [1.165, 1.54) is 13.2 Å².